The summed E-state index contributed by atoms with van der Waals surface area (Å²) in [5.41, 5.74) is 3.03. The highest BCUT2D eigenvalue weighted by Crippen LogP contribution is 2.29. The van der Waals surface area contributed by atoms with Crippen LogP contribution in [0.1, 0.15) is 26.4 Å². The van der Waals surface area contributed by atoms with Crippen molar-refractivity contribution < 1.29 is 13.2 Å². The van der Waals surface area contributed by atoms with Crippen molar-refractivity contribution in [3.63, 3.8) is 0 Å². The van der Waals surface area contributed by atoms with Gasteiger partial charge in [0.1, 0.15) is 15.6 Å². The average Bonchev–Trinajstić information content (AvgIpc) is 3.28. The van der Waals surface area contributed by atoms with Gasteiger partial charge in [-0.3, -0.25) is 4.79 Å². The zero-order valence-corrected chi connectivity index (χ0v) is 19.0. The van der Waals surface area contributed by atoms with Crippen molar-refractivity contribution in [1.29, 1.82) is 0 Å². The number of nitrogens with zero attached hydrogens (tertiary/aromatic N) is 3. The number of pyridine rings is 1. The molecular weight excluding hydrogens is 432 g/mol. The van der Waals surface area contributed by atoms with Crippen LogP contribution < -0.4 is 10.2 Å². The van der Waals surface area contributed by atoms with Gasteiger partial charge in [-0.25, -0.2) is 13.4 Å². The van der Waals surface area contributed by atoms with E-state index >= 15 is 0 Å². The number of hydrogen-bond acceptors (Lipinski definition) is 6. The van der Waals surface area contributed by atoms with Crippen LogP contribution in [0.4, 0.5) is 5.82 Å². The van der Waals surface area contributed by atoms with Crippen molar-refractivity contribution >= 4 is 33.1 Å². The number of thiophene rings is 1. The maximum Gasteiger partial charge on any atom is 0.263 e. The lowest BCUT2D eigenvalue weighted by Gasteiger charge is -2.28. The summed E-state index contributed by atoms with van der Waals surface area (Å²) in [5.74, 6) is 0.355. The summed E-state index contributed by atoms with van der Waals surface area (Å²) in [6.45, 7) is 0.976. The molecule has 0 atom stereocenters. The molecule has 0 radical (unpaired) electrons. The molecule has 1 aliphatic rings. The Bertz CT molecular complexity index is 1200. The van der Waals surface area contributed by atoms with Crippen LogP contribution in [0.2, 0.25) is 0 Å². The molecule has 162 valence electrons. The molecule has 0 aliphatic carbocycles. The molecule has 0 fully saturated rings. The smallest absolute Gasteiger partial charge is 0.263 e. The maximum absolute atomic E-state index is 13.3. The first kappa shape index (κ1) is 21.5. The van der Waals surface area contributed by atoms with Gasteiger partial charge in [-0.15, -0.1) is 11.3 Å². The van der Waals surface area contributed by atoms with Gasteiger partial charge in [0.15, 0.2) is 0 Å². The molecule has 7 nitrogen and oxygen atoms in total. The first-order chi connectivity index (χ1) is 14.9. The number of sulfonamides is 1. The fourth-order valence-corrected chi connectivity index (χ4v) is 6.44. The van der Waals surface area contributed by atoms with Crippen LogP contribution in [0.5, 0.6) is 0 Å². The van der Waals surface area contributed by atoms with E-state index < -0.39 is 15.9 Å². The van der Waals surface area contributed by atoms with Gasteiger partial charge in [0.2, 0.25) is 10.0 Å². The molecule has 0 saturated carbocycles. The van der Waals surface area contributed by atoms with Gasteiger partial charge in [-0.05, 0) is 35.1 Å². The van der Waals surface area contributed by atoms with Gasteiger partial charge in [0.25, 0.3) is 5.91 Å². The van der Waals surface area contributed by atoms with Gasteiger partial charge in [0, 0.05) is 45.5 Å². The van der Waals surface area contributed by atoms with Crippen LogP contribution in [0.15, 0.2) is 58.9 Å². The monoisotopic (exact) mass is 456 g/mol. The van der Waals surface area contributed by atoms with Crippen LogP contribution in [0, 0.1) is 0 Å². The van der Waals surface area contributed by atoms with E-state index in [1.807, 2.05) is 55.4 Å². The number of carbonyl (C=O) groups excluding carboxylic acids is 1. The van der Waals surface area contributed by atoms with Crippen molar-refractivity contribution in [2.45, 2.75) is 24.4 Å². The Labute approximate surface area is 186 Å². The van der Waals surface area contributed by atoms with Crippen molar-refractivity contribution in [2.75, 3.05) is 25.5 Å². The zero-order chi connectivity index (χ0) is 22.0. The molecule has 0 bridgehead atoms. The number of benzene rings is 1. The van der Waals surface area contributed by atoms with E-state index in [1.54, 1.807) is 11.6 Å². The minimum atomic E-state index is -3.78. The Morgan fingerprint density at radius 3 is 2.71 bits per heavy atom. The Hall–Kier alpha value is -2.75. The molecule has 1 N–H and O–H groups in total. The number of hydrogen-bond donors (Lipinski definition) is 1. The quantitative estimate of drug-likeness (QED) is 0.617. The van der Waals surface area contributed by atoms with E-state index in [0.717, 1.165) is 28.3 Å². The van der Waals surface area contributed by atoms with Crippen LogP contribution in [0.3, 0.4) is 0 Å². The predicted octanol–water partition coefficient (Wildman–Crippen LogP) is 2.89. The van der Waals surface area contributed by atoms with Crippen molar-refractivity contribution in [3.8, 4) is 0 Å². The minimum absolute atomic E-state index is 0.0633. The Kier molecular flexibility index (Phi) is 6.08. The Morgan fingerprint density at radius 2 is 1.94 bits per heavy atom. The number of nitrogens with one attached hydrogen (secondary N) is 1. The maximum atomic E-state index is 13.3. The van der Waals surface area contributed by atoms with E-state index in [2.05, 4.69) is 10.3 Å². The predicted molar refractivity (Wildman–Crippen MR) is 122 cm³/mol. The third kappa shape index (κ3) is 4.34. The van der Waals surface area contributed by atoms with Crippen molar-refractivity contribution in [1.82, 2.24) is 14.6 Å². The first-order valence-corrected chi connectivity index (χ1v) is 12.2. The lowest BCUT2D eigenvalue weighted by Crippen LogP contribution is -2.36. The lowest BCUT2D eigenvalue weighted by molar-refractivity contribution is 0.0952. The highest BCUT2D eigenvalue weighted by molar-refractivity contribution is 7.89. The summed E-state index contributed by atoms with van der Waals surface area (Å²) >= 11 is 1.14. The number of rotatable bonds is 6. The minimum Gasteiger partial charge on any atom is -0.362 e. The molecule has 2 aromatic heterocycles. The standard InChI is InChI=1S/C22H24N4O3S2/c1-25(2)21-17(8-5-11-23-21)14-24-22(27)20-19(10-13-30-20)31(28,29)26-12-9-16-6-3-4-7-18(16)15-26/h3-8,10-11,13H,9,12,14-15H2,1-2H3,(H,24,27). The highest BCUT2D eigenvalue weighted by atomic mass is 32.2. The molecule has 9 heteroatoms. The topological polar surface area (TPSA) is 82.6 Å². The van der Waals surface area contributed by atoms with Gasteiger partial charge in [-0.1, -0.05) is 30.3 Å². The highest BCUT2D eigenvalue weighted by Gasteiger charge is 2.32. The van der Waals surface area contributed by atoms with Gasteiger partial charge < -0.3 is 10.2 Å². The van der Waals surface area contributed by atoms with E-state index in [-0.39, 0.29) is 16.3 Å². The largest absolute Gasteiger partial charge is 0.362 e. The molecule has 3 aromatic rings. The van der Waals surface area contributed by atoms with Crippen LogP contribution >= 0.6 is 11.3 Å². The fourth-order valence-electron chi connectivity index (χ4n) is 3.71. The Morgan fingerprint density at radius 1 is 1.16 bits per heavy atom. The SMILES string of the molecule is CN(C)c1ncccc1CNC(=O)c1sccc1S(=O)(=O)N1CCc2ccccc2C1. The number of fused-ring (bicyclic) bond motifs is 1. The van der Waals surface area contributed by atoms with Gasteiger partial charge in [-0.2, -0.15) is 4.31 Å². The van der Waals surface area contributed by atoms with E-state index in [1.165, 1.54) is 15.9 Å². The molecule has 31 heavy (non-hydrogen) atoms. The van der Waals surface area contributed by atoms with Gasteiger partial charge in [0.05, 0.1) is 0 Å². The molecule has 0 unspecified atom stereocenters. The molecule has 1 aromatic carbocycles. The molecule has 1 aliphatic heterocycles. The van der Waals surface area contributed by atoms with E-state index in [4.69, 9.17) is 0 Å². The summed E-state index contributed by atoms with van der Waals surface area (Å²) in [6.07, 6.45) is 2.36. The lowest BCUT2D eigenvalue weighted by atomic mass is 10.0. The van der Waals surface area contributed by atoms with Gasteiger partial charge >= 0.3 is 0 Å². The zero-order valence-electron chi connectivity index (χ0n) is 17.4. The molecule has 0 saturated heterocycles. The summed E-state index contributed by atoms with van der Waals surface area (Å²) in [5, 5.41) is 4.50. The molecule has 4 rings (SSSR count). The number of carbonyl (C=O) groups is 1. The van der Waals surface area contributed by atoms with E-state index in [0.29, 0.717) is 19.5 Å². The first-order valence-electron chi connectivity index (χ1n) is 9.92. The number of anilines is 1. The second-order valence-corrected chi connectivity index (χ2v) is 10.4. The van der Waals surface area contributed by atoms with Crippen molar-refractivity contribution in [2.24, 2.45) is 0 Å². The van der Waals surface area contributed by atoms with Crippen LogP contribution in [-0.2, 0) is 29.5 Å². The Balaban J connectivity index is 1.53. The third-order valence-corrected chi connectivity index (χ3v) is 8.21. The number of amides is 1. The van der Waals surface area contributed by atoms with Crippen molar-refractivity contribution in [3.05, 3.63) is 75.6 Å². The molecular formula is C22H24N4O3S2. The second-order valence-electron chi connectivity index (χ2n) is 7.53. The van der Waals surface area contributed by atoms with Crippen LogP contribution in [-0.4, -0.2) is 44.3 Å². The van der Waals surface area contributed by atoms with Crippen LogP contribution in [0.25, 0.3) is 0 Å². The summed E-state index contributed by atoms with van der Waals surface area (Å²) in [7, 11) is -0.0127. The second kappa shape index (κ2) is 8.78. The summed E-state index contributed by atoms with van der Waals surface area (Å²) < 4.78 is 28.1. The molecule has 1 amide bonds. The average molecular weight is 457 g/mol. The molecule has 0 spiro atoms. The number of aromatic nitrogens is 1. The third-order valence-electron chi connectivity index (χ3n) is 5.28. The molecule has 3 heterocycles. The summed E-state index contributed by atoms with van der Waals surface area (Å²) in [6, 6.07) is 13.1. The normalized spacial score (nSPS) is 14.1. The van der Waals surface area contributed by atoms with E-state index in [9.17, 15) is 13.2 Å². The summed E-state index contributed by atoms with van der Waals surface area (Å²) in [4.78, 5) is 19.4. The fraction of sp³-hybridized carbons (Fsp3) is 0.273.